The number of hydrogen-bond acceptors (Lipinski definition) is 5. The standard InChI is InChI=1S/C37H66O5/c1-3-4-5-6-7-8-14-17-20-23-26-33(38)35-28-29-36(42-35)34(39)27-24-21-18-15-12-10-9-11-13-16-19-22-25-32-30-31(2)41-37(32)40/h17,20,30-31,33-36,38-39H,3-16,18-19,21-29H2,1-2H3/b20-17-/t31-,33-,34+,35+,36-/m1/s1. The molecular formula is C37H66O5. The molecule has 2 heterocycles. The van der Waals surface area contributed by atoms with Crippen molar-refractivity contribution in [1.29, 1.82) is 0 Å². The molecule has 0 aromatic rings. The molecule has 0 aromatic carbocycles. The number of allylic oxidation sites excluding steroid dienone is 2. The van der Waals surface area contributed by atoms with Crippen molar-refractivity contribution in [2.75, 3.05) is 0 Å². The molecule has 0 spiro atoms. The minimum absolute atomic E-state index is 0.0402. The number of hydrogen-bond donors (Lipinski definition) is 2. The second-order valence-corrected chi connectivity index (χ2v) is 13.1. The average molecular weight is 591 g/mol. The monoisotopic (exact) mass is 590 g/mol. The summed E-state index contributed by atoms with van der Waals surface area (Å²) >= 11 is 0. The molecule has 0 unspecified atom stereocenters. The fraction of sp³-hybridized carbons (Fsp3) is 0.865. The third-order valence-electron chi connectivity index (χ3n) is 9.15. The van der Waals surface area contributed by atoms with Crippen LogP contribution in [0.2, 0.25) is 0 Å². The van der Waals surface area contributed by atoms with Crippen molar-refractivity contribution in [2.24, 2.45) is 0 Å². The Morgan fingerprint density at radius 2 is 1.21 bits per heavy atom. The maximum absolute atomic E-state index is 11.6. The van der Waals surface area contributed by atoms with Crippen molar-refractivity contribution < 1.29 is 24.5 Å². The van der Waals surface area contributed by atoms with E-state index in [9.17, 15) is 15.0 Å². The number of ether oxygens (including phenoxy) is 2. The van der Waals surface area contributed by atoms with Crippen molar-refractivity contribution >= 4 is 5.97 Å². The Morgan fingerprint density at radius 3 is 1.79 bits per heavy atom. The maximum atomic E-state index is 11.6. The highest BCUT2D eigenvalue weighted by atomic mass is 16.5. The van der Waals surface area contributed by atoms with Gasteiger partial charge in [-0.25, -0.2) is 4.79 Å². The fourth-order valence-corrected chi connectivity index (χ4v) is 6.42. The van der Waals surface area contributed by atoms with Crippen molar-refractivity contribution in [3.63, 3.8) is 0 Å². The molecule has 2 rings (SSSR count). The lowest BCUT2D eigenvalue weighted by atomic mass is 10.0. The first kappa shape index (κ1) is 37.0. The highest BCUT2D eigenvalue weighted by Crippen LogP contribution is 2.28. The highest BCUT2D eigenvalue weighted by molar-refractivity contribution is 5.90. The first-order valence-corrected chi connectivity index (χ1v) is 18.1. The summed E-state index contributed by atoms with van der Waals surface area (Å²) in [4.78, 5) is 11.6. The number of cyclic esters (lactones) is 1. The van der Waals surface area contributed by atoms with E-state index in [2.05, 4.69) is 19.1 Å². The Bertz CT molecular complexity index is 732. The number of carbonyl (C=O) groups is 1. The maximum Gasteiger partial charge on any atom is 0.334 e. The first-order valence-electron chi connectivity index (χ1n) is 18.1. The van der Waals surface area contributed by atoms with E-state index in [-0.39, 0.29) is 24.3 Å². The van der Waals surface area contributed by atoms with Gasteiger partial charge < -0.3 is 19.7 Å². The molecule has 1 saturated heterocycles. The van der Waals surface area contributed by atoms with Gasteiger partial charge in [0, 0.05) is 5.57 Å². The second-order valence-electron chi connectivity index (χ2n) is 13.1. The van der Waals surface area contributed by atoms with Gasteiger partial charge in [-0.3, -0.25) is 0 Å². The summed E-state index contributed by atoms with van der Waals surface area (Å²) < 4.78 is 11.2. The first-order chi connectivity index (χ1) is 20.5. The van der Waals surface area contributed by atoms with Crippen LogP contribution in [0.1, 0.15) is 174 Å². The molecule has 0 radical (unpaired) electrons. The SMILES string of the molecule is CCCCCCCC/C=C\CC[C@@H](O)[C@@H]1CC[C@H]([C@@H](O)CCCCCCCCCCCCCCC2=C[C@@H](C)OC2=O)O1. The molecule has 5 nitrogen and oxygen atoms in total. The number of aliphatic hydroxyl groups is 2. The summed E-state index contributed by atoms with van der Waals surface area (Å²) in [5, 5.41) is 21.2. The van der Waals surface area contributed by atoms with Crippen LogP contribution in [0.5, 0.6) is 0 Å². The molecule has 0 saturated carbocycles. The van der Waals surface area contributed by atoms with Crippen LogP contribution in [0.4, 0.5) is 0 Å². The van der Waals surface area contributed by atoms with E-state index >= 15 is 0 Å². The normalized spacial score (nSPS) is 22.1. The zero-order valence-electron chi connectivity index (χ0n) is 27.4. The van der Waals surface area contributed by atoms with E-state index in [4.69, 9.17) is 9.47 Å². The summed E-state index contributed by atoms with van der Waals surface area (Å²) in [5.41, 5.74) is 0.875. The van der Waals surface area contributed by atoms with Crippen LogP contribution < -0.4 is 0 Å². The molecule has 42 heavy (non-hydrogen) atoms. The third kappa shape index (κ3) is 17.2. The van der Waals surface area contributed by atoms with E-state index in [1.54, 1.807) is 0 Å². The Morgan fingerprint density at radius 1 is 0.714 bits per heavy atom. The van der Waals surface area contributed by atoms with Crippen LogP contribution in [-0.4, -0.2) is 46.7 Å². The third-order valence-corrected chi connectivity index (χ3v) is 9.15. The van der Waals surface area contributed by atoms with Gasteiger partial charge in [0.15, 0.2) is 0 Å². The van der Waals surface area contributed by atoms with Crippen molar-refractivity contribution in [3.05, 3.63) is 23.8 Å². The van der Waals surface area contributed by atoms with E-state index in [0.29, 0.717) is 0 Å². The molecule has 0 aliphatic carbocycles. The smallest absolute Gasteiger partial charge is 0.334 e. The Balaban J connectivity index is 1.34. The summed E-state index contributed by atoms with van der Waals surface area (Å²) in [6, 6.07) is 0. The lowest BCUT2D eigenvalue weighted by Crippen LogP contribution is -2.30. The summed E-state index contributed by atoms with van der Waals surface area (Å²) in [7, 11) is 0. The van der Waals surface area contributed by atoms with Crippen molar-refractivity contribution in [1.82, 2.24) is 0 Å². The number of carbonyl (C=O) groups excluding carboxylic acids is 1. The predicted molar refractivity (Wildman–Crippen MR) is 175 cm³/mol. The second kappa shape index (κ2) is 24.2. The van der Waals surface area contributed by atoms with E-state index in [1.165, 1.54) is 103 Å². The molecule has 244 valence electrons. The van der Waals surface area contributed by atoms with Crippen molar-refractivity contribution in [3.8, 4) is 0 Å². The van der Waals surface area contributed by atoms with Crippen molar-refractivity contribution in [2.45, 2.75) is 205 Å². The van der Waals surface area contributed by atoms with E-state index in [0.717, 1.165) is 63.4 Å². The average Bonchev–Trinajstić information content (AvgIpc) is 3.60. The van der Waals surface area contributed by atoms with Crippen LogP contribution in [0.3, 0.4) is 0 Å². The largest absolute Gasteiger partial charge is 0.455 e. The molecule has 0 amide bonds. The summed E-state index contributed by atoms with van der Waals surface area (Å²) in [6.07, 6.45) is 34.5. The lowest BCUT2D eigenvalue weighted by Gasteiger charge is -2.22. The van der Waals surface area contributed by atoms with Gasteiger partial charge in [0.2, 0.25) is 0 Å². The van der Waals surface area contributed by atoms with Crippen LogP contribution >= 0.6 is 0 Å². The van der Waals surface area contributed by atoms with Gasteiger partial charge in [0.25, 0.3) is 0 Å². The number of aliphatic hydroxyl groups excluding tert-OH is 2. The van der Waals surface area contributed by atoms with Crippen LogP contribution in [0.25, 0.3) is 0 Å². The Hall–Kier alpha value is -1.17. The van der Waals surface area contributed by atoms with Gasteiger partial charge in [-0.15, -0.1) is 0 Å². The van der Waals surface area contributed by atoms with E-state index in [1.807, 2.05) is 13.0 Å². The number of unbranched alkanes of at least 4 members (excludes halogenated alkanes) is 17. The quantitative estimate of drug-likeness (QED) is 0.0566. The molecule has 1 fully saturated rings. The zero-order valence-corrected chi connectivity index (χ0v) is 27.4. The number of rotatable bonds is 27. The van der Waals surface area contributed by atoms with Gasteiger partial charge in [0.1, 0.15) is 6.10 Å². The van der Waals surface area contributed by atoms with Gasteiger partial charge in [-0.1, -0.05) is 122 Å². The molecule has 5 atom stereocenters. The topological polar surface area (TPSA) is 76.0 Å². The van der Waals surface area contributed by atoms with Gasteiger partial charge in [-0.05, 0) is 70.8 Å². The summed E-state index contributed by atoms with van der Waals surface area (Å²) in [6.45, 7) is 4.18. The number of esters is 1. The van der Waals surface area contributed by atoms with Gasteiger partial charge in [0.05, 0.1) is 24.4 Å². The molecular weight excluding hydrogens is 524 g/mol. The molecule has 5 heteroatoms. The molecule has 2 N–H and O–H groups in total. The zero-order chi connectivity index (χ0) is 30.3. The van der Waals surface area contributed by atoms with Gasteiger partial charge in [-0.2, -0.15) is 0 Å². The Labute approximate surface area is 258 Å². The minimum atomic E-state index is -0.424. The van der Waals surface area contributed by atoms with E-state index < -0.39 is 12.2 Å². The molecule has 0 aromatic heterocycles. The molecule has 2 aliphatic heterocycles. The molecule has 0 bridgehead atoms. The van der Waals surface area contributed by atoms with Crippen LogP contribution in [-0.2, 0) is 14.3 Å². The summed E-state index contributed by atoms with van der Waals surface area (Å²) in [5.74, 6) is -0.112. The van der Waals surface area contributed by atoms with Crippen LogP contribution in [0.15, 0.2) is 23.8 Å². The Kier molecular flexibility index (Phi) is 21.3. The lowest BCUT2D eigenvalue weighted by molar-refractivity contribution is -0.139. The fourth-order valence-electron chi connectivity index (χ4n) is 6.42. The molecule has 2 aliphatic rings. The van der Waals surface area contributed by atoms with Crippen LogP contribution in [0, 0.1) is 0 Å². The van der Waals surface area contributed by atoms with Gasteiger partial charge >= 0.3 is 5.97 Å². The predicted octanol–water partition coefficient (Wildman–Crippen LogP) is 9.68. The minimum Gasteiger partial charge on any atom is -0.455 e. The highest BCUT2D eigenvalue weighted by Gasteiger charge is 2.33.